The predicted octanol–water partition coefficient (Wildman–Crippen LogP) is 3.61. The molecule has 0 saturated heterocycles. The Morgan fingerprint density at radius 3 is 2.45 bits per heavy atom. The molecule has 3 rings (SSSR count). The number of amides is 1. The molecule has 1 N–H and O–H groups in total. The lowest BCUT2D eigenvalue weighted by Gasteiger charge is -1.99. The Kier molecular flexibility index (Phi) is 4.44. The van der Waals surface area contributed by atoms with Gasteiger partial charge in [-0.1, -0.05) is 66.7 Å². The summed E-state index contributed by atoms with van der Waals surface area (Å²) in [6, 6.07) is 20.1. The number of carbonyl (C=O) groups excluding carboxylic acids is 1. The van der Waals surface area contributed by atoms with Gasteiger partial charge in [0.05, 0.1) is 0 Å². The number of allylic oxidation sites excluding steroid dienone is 1. The third-order valence-corrected chi connectivity index (χ3v) is 3.78. The molecule has 22 heavy (non-hydrogen) atoms. The van der Waals surface area contributed by atoms with E-state index in [1.807, 2.05) is 60.7 Å². The van der Waals surface area contributed by atoms with Crippen LogP contribution in [-0.2, 0) is 4.79 Å². The van der Waals surface area contributed by atoms with Crippen LogP contribution < -0.4 is 5.43 Å². The van der Waals surface area contributed by atoms with Gasteiger partial charge in [-0.15, -0.1) is 0 Å². The second-order valence-corrected chi connectivity index (χ2v) is 5.38. The summed E-state index contributed by atoms with van der Waals surface area (Å²) in [5, 5.41) is 3.96. The molecular formula is C19H18N2O. The van der Waals surface area contributed by atoms with E-state index in [1.165, 1.54) is 5.56 Å². The van der Waals surface area contributed by atoms with Gasteiger partial charge in [0.15, 0.2) is 0 Å². The van der Waals surface area contributed by atoms with E-state index in [2.05, 4.69) is 22.7 Å². The van der Waals surface area contributed by atoms with Gasteiger partial charge in [0.2, 0.25) is 5.91 Å². The van der Waals surface area contributed by atoms with Gasteiger partial charge in [-0.2, -0.15) is 5.10 Å². The van der Waals surface area contributed by atoms with Crippen LogP contribution in [0.25, 0.3) is 6.08 Å². The minimum absolute atomic E-state index is 0.00165. The van der Waals surface area contributed by atoms with E-state index in [-0.39, 0.29) is 11.8 Å². The summed E-state index contributed by atoms with van der Waals surface area (Å²) in [5.74, 6) is 0.395. The van der Waals surface area contributed by atoms with E-state index in [4.69, 9.17) is 0 Å². The van der Waals surface area contributed by atoms with Crippen molar-refractivity contribution in [2.75, 3.05) is 0 Å². The largest absolute Gasteiger partial charge is 0.273 e. The van der Waals surface area contributed by atoms with Crippen molar-refractivity contribution in [2.24, 2.45) is 11.0 Å². The van der Waals surface area contributed by atoms with Crippen LogP contribution in [-0.4, -0.2) is 12.1 Å². The van der Waals surface area contributed by atoms with Gasteiger partial charge >= 0.3 is 0 Å². The molecule has 2 atom stereocenters. The number of nitrogens with zero attached hydrogens (tertiary/aromatic N) is 1. The average molecular weight is 290 g/mol. The topological polar surface area (TPSA) is 41.5 Å². The molecular weight excluding hydrogens is 272 g/mol. The maximum atomic E-state index is 12.0. The quantitative estimate of drug-likeness (QED) is 0.663. The van der Waals surface area contributed by atoms with E-state index in [9.17, 15) is 4.79 Å². The van der Waals surface area contributed by atoms with E-state index in [0.29, 0.717) is 5.92 Å². The van der Waals surface area contributed by atoms with Gasteiger partial charge in [0.1, 0.15) is 0 Å². The Morgan fingerprint density at radius 1 is 1.05 bits per heavy atom. The smallest absolute Gasteiger partial charge is 0.243 e. The van der Waals surface area contributed by atoms with E-state index < -0.39 is 0 Å². The van der Waals surface area contributed by atoms with Gasteiger partial charge < -0.3 is 0 Å². The van der Waals surface area contributed by atoms with Crippen LogP contribution >= 0.6 is 0 Å². The fourth-order valence-electron chi connectivity index (χ4n) is 2.50. The van der Waals surface area contributed by atoms with Crippen LogP contribution in [0.1, 0.15) is 23.5 Å². The SMILES string of the molecule is O=C(NN=C/C=C\c1ccccc1)[C@@H]1C[C@@H]1c1ccccc1. The third-order valence-electron chi connectivity index (χ3n) is 3.78. The highest BCUT2D eigenvalue weighted by Gasteiger charge is 2.43. The molecule has 0 heterocycles. The summed E-state index contributed by atoms with van der Waals surface area (Å²) < 4.78 is 0. The predicted molar refractivity (Wildman–Crippen MR) is 89.4 cm³/mol. The van der Waals surface area contributed by atoms with Crippen molar-refractivity contribution in [3.63, 3.8) is 0 Å². The Labute approximate surface area is 130 Å². The van der Waals surface area contributed by atoms with E-state index in [1.54, 1.807) is 6.21 Å². The zero-order valence-electron chi connectivity index (χ0n) is 12.2. The fraction of sp³-hybridized carbons (Fsp3) is 0.158. The van der Waals surface area contributed by atoms with E-state index >= 15 is 0 Å². The lowest BCUT2D eigenvalue weighted by atomic mass is 10.1. The standard InChI is InChI=1S/C19H18N2O/c22-19(18-14-17(18)16-11-5-2-6-12-16)21-20-13-7-10-15-8-3-1-4-9-15/h1-13,17-18H,14H2,(H,21,22)/b10-7-,20-13?/t17-,18-/m1/s1. The lowest BCUT2D eigenvalue weighted by Crippen LogP contribution is -2.19. The highest BCUT2D eigenvalue weighted by atomic mass is 16.2. The molecule has 3 nitrogen and oxygen atoms in total. The monoisotopic (exact) mass is 290 g/mol. The van der Waals surface area contributed by atoms with Crippen molar-refractivity contribution in [3.05, 3.63) is 77.9 Å². The summed E-state index contributed by atoms with van der Waals surface area (Å²) >= 11 is 0. The zero-order chi connectivity index (χ0) is 15.2. The third kappa shape index (κ3) is 3.70. The minimum atomic E-state index is -0.00165. The van der Waals surface area contributed by atoms with Crippen molar-refractivity contribution < 1.29 is 4.79 Å². The van der Waals surface area contributed by atoms with Crippen molar-refractivity contribution in [1.29, 1.82) is 0 Å². The molecule has 1 aliphatic carbocycles. The number of hydrogen-bond acceptors (Lipinski definition) is 2. The number of hydrogen-bond donors (Lipinski definition) is 1. The number of carbonyl (C=O) groups is 1. The molecule has 0 unspecified atom stereocenters. The van der Waals surface area contributed by atoms with Crippen molar-refractivity contribution in [3.8, 4) is 0 Å². The molecule has 2 aromatic rings. The Balaban J connectivity index is 1.46. The summed E-state index contributed by atoms with van der Waals surface area (Å²) in [7, 11) is 0. The van der Waals surface area contributed by atoms with Crippen LogP contribution in [0.2, 0.25) is 0 Å². The van der Waals surface area contributed by atoms with Gasteiger partial charge in [-0.3, -0.25) is 4.79 Å². The molecule has 3 heteroatoms. The summed E-state index contributed by atoms with van der Waals surface area (Å²) in [4.78, 5) is 12.0. The van der Waals surface area contributed by atoms with Gasteiger partial charge in [-0.25, -0.2) is 5.43 Å². The number of hydrazone groups is 1. The first-order chi connectivity index (χ1) is 10.8. The second-order valence-electron chi connectivity index (χ2n) is 5.38. The first kappa shape index (κ1) is 14.3. The first-order valence-electron chi connectivity index (χ1n) is 7.44. The van der Waals surface area contributed by atoms with Crippen LogP contribution in [0.15, 0.2) is 71.8 Å². The molecule has 1 amide bonds. The summed E-state index contributed by atoms with van der Waals surface area (Å²) in [6.07, 6.45) is 6.27. The molecule has 0 radical (unpaired) electrons. The van der Waals surface area contributed by atoms with Crippen LogP contribution in [0.3, 0.4) is 0 Å². The summed E-state index contributed by atoms with van der Waals surface area (Å²) in [5.41, 5.74) is 4.95. The maximum absolute atomic E-state index is 12.0. The molecule has 0 aromatic heterocycles. The highest BCUT2D eigenvalue weighted by molar-refractivity contribution is 5.85. The van der Waals surface area contributed by atoms with Crippen molar-refractivity contribution in [1.82, 2.24) is 5.43 Å². The van der Waals surface area contributed by atoms with Gasteiger partial charge in [-0.05, 0) is 29.5 Å². The molecule has 0 spiro atoms. The summed E-state index contributed by atoms with van der Waals surface area (Å²) in [6.45, 7) is 0. The highest BCUT2D eigenvalue weighted by Crippen LogP contribution is 2.47. The Hall–Kier alpha value is -2.68. The molecule has 1 aliphatic rings. The van der Waals surface area contributed by atoms with Crippen LogP contribution in [0, 0.1) is 5.92 Å². The molecule has 1 fully saturated rings. The van der Waals surface area contributed by atoms with Gasteiger partial charge in [0.25, 0.3) is 0 Å². The number of benzene rings is 2. The van der Waals surface area contributed by atoms with Crippen molar-refractivity contribution in [2.45, 2.75) is 12.3 Å². The molecule has 0 bridgehead atoms. The zero-order valence-corrected chi connectivity index (χ0v) is 12.2. The average Bonchev–Trinajstić information content (AvgIpc) is 3.37. The van der Waals surface area contributed by atoms with Crippen LogP contribution in [0.5, 0.6) is 0 Å². The maximum Gasteiger partial charge on any atom is 0.243 e. The number of nitrogens with one attached hydrogen (secondary N) is 1. The van der Waals surface area contributed by atoms with Gasteiger partial charge in [0, 0.05) is 12.1 Å². The Bertz CT molecular complexity index is 677. The first-order valence-corrected chi connectivity index (χ1v) is 7.44. The normalized spacial score (nSPS) is 20.4. The lowest BCUT2D eigenvalue weighted by molar-refractivity contribution is -0.122. The molecule has 2 aromatic carbocycles. The van der Waals surface area contributed by atoms with E-state index in [0.717, 1.165) is 12.0 Å². The minimum Gasteiger partial charge on any atom is -0.273 e. The van der Waals surface area contributed by atoms with Crippen LogP contribution in [0.4, 0.5) is 0 Å². The second kappa shape index (κ2) is 6.85. The molecule has 1 saturated carbocycles. The number of rotatable bonds is 5. The Morgan fingerprint density at radius 2 is 1.73 bits per heavy atom. The fourth-order valence-corrected chi connectivity index (χ4v) is 2.50. The molecule has 110 valence electrons. The molecule has 0 aliphatic heterocycles. The van der Waals surface area contributed by atoms with Crippen molar-refractivity contribution >= 4 is 18.2 Å².